The van der Waals surface area contributed by atoms with Crippen LogP contribution in [-0.2, 0) is 4.84 Å². The number of hydrogen-bond acceptors (Lipinski definition) is 3. The van der Waals surface area contributed by atoms with Gasteiger partial charge in [0, 0.05) is 0 Å². The fraction of sp³-hybridized carbons (Fsp3) is 1.00. The lowest BCUT2D eigenvalue weighted by molar-refractivity contribution is 0.0791. The second-order valence-electron chi connectivity index (χ2n) is 1.51. The molecule has 0 saturated carbocycles. The van der Waals surface area contributed by atoms with Crippen LogP contribution < -0.4 is 11.6 Å². The molecule has 1 atom stereocenters. The molecular formula is C4H11FN2O. The lowest BCUT2D eigenvalue weighted by Gasteiger charge is -2.01. The summed E-state index contributed by atoms with van der Waals surface area (Å²) >= 11 is 0. The molecule has 50 valence electrons. The molecule has 4 N–H and O–H groups in total. The molecule has 0 fully saturated rings. The van der Waals surface area contributed by atoms with Crippen molar-refractivity contribution in [2.24, 2.45) is 11.6 Å². The van der Waals surface area contributed by atoms with Crippen LogP contribution >= 0.6 is 0 Å². The van der Waals surface area contributed by atoms with Gasteiger partial charge in [0.15, 0.2) is 0 Å². The first-order valence-corrected chi connectivity index (χ1v) is 2.47. The summed E-state index contributed by atoms with van der Waals surface area (Å²) in [5.74, 6) is 4.58. The van der Waals surface area contributed by atoms with Crippen LogP contribution in [-0.4, -0.2) is 19.3 Å². The van der Waals surface area contributed by atoms with Crippen LogP contribution in [0.3, 0.4) is 0 Å². The van der Waals surface area contributed by atoms with E-state index in [1.165, 1.54) is 0 Å². The number of hydrogen-bond donors (Lipinski definition) is 2. The molecule has 0 spiro atoms. The van der Waals surface area contributed by atoms with Crippen LogP contribution in [0, 0.1) is 0 Å². The van der Waals surface area contributed by atoms with E-state index < -0.39 is 6.17 Å². The van der Waals surface area contributed by atoms with Gasteiger partial charge < -0.3 is 10.6 Å². The second-order valence-corrected chi connectivity index (χ2v) is 1.51. The Kier molecular flexibility index (Phi) is 4.84. The Hall–Kier alpha value is -0.190. The Morgan fingerprint density at radius 1 is 1.62 bits per heavy atom. The van der Waals surface area contributed by atoms with Gasteiger partial charge >= 0.3 is 0 Å². The number of halogens is 1. The molecule has 0 aromatic heterocycles. The molecule has 0 bridgehead atoms. The maximum atomic E-state index is 12.1. The smallest absolute Gasteiger partial charge is 0.127 e. The van der Waals surface area contributed by atoms with Crippen molar-refractivity contribution in [2.45, 2.75) is 12.6 Å². The SMILES string of the molecule is NCCC(F)CON. The summed E-state index contributed by atoms with van der Waals surface area (Å²) in [5.41, 5.74) is 5.02. The van der Waals surface area contributed by atoms with Gasteiger partial charge in [0.25, 0.3) is 0 Å². The minimum atomic E-state index is -1.01. The molecule has 0 radical (unpaired) electrons. The summed E-state index contributed by atoms with van der Waals surface area (Å²) in [7, 11) is 0. The lowest BCUT2D eigenvalue weighted by atomic mass is 10.3. The number of alkyl halides is 1. The molecule has 1 unspecified atom stereocenters. The summed E-state index contributed by atoms with van der Waals surface area (Å²) in [5, 5.41) is 0. The van der Waals surface area contributed by atoms with Gasteiger partial charge in [-0.25, -0.2) is 10.3 Å². The van der Waals surface area contributed by atoms with Crippen molar-refractivity contribution in [3.05, 3.63) is 0 Å². The zero-order valence-corrected chi connectivity index (χ0v) is 4.64. The maximum Gasteiger partial charge on any atom is 0.127 e. The van der Waals surface area contributed by atoms with E-state index in [9.17, 15) is 4.39 Å². The molecule has 0 aromatic carbocycles. The average Bonchev–Trinajstić information content (AvgIpc) is 1.68. The van der Waals surface area contributed by atoms with Crippen molar-refractivity contribution >= 4 is 0 Å². The van der Waals surface area contributed by atoms with E-state index in [4.69, 9.17) is 5.73 Å². The Labute approximate surface area is 47.7 Å². The molecule has 8 heavy (non-hydrogen) atoms. The Morgan fingerprint density at radius 2 is 2.25 bits per heavy atom. The first kappa shape index (κ1) is 7.81. The third-order valence-corrected chi connectivity index (χ3v) is 0.757. The van der Waals surface area contributed by atoms with Gasteiger partial charge in [-0.15, -0.1) is 0 Å². The van der Waals surface area contributed by atoms with E-state index in [2.05, 4.69) is 10.7 Å². The average molecular weight is 122 g/mol. The maximum absolute atomic E-state index is 12.1. The Morgan fingerprint density at radius 3 is 2.62 bits per heavy atom. The van der Waals surface area contributed by atoms with Gasteiger partial charge in [0.1, 0.15) is 6.17 Å². The molecule has 3 nitrogen and oxygen atoms in total. The number of rotatable bonds is 4. The van der Waals surface area contributed by atoms with E-state index >= 15 is 0 Å². The van der Waals surface area contributed by atoms with Gasteiger partial charge in [0.05, 0.1) is 6.61 Å². The van der Waals surface area contributed by atoms with Crippen molar-refractivity contribution in [3.63, 3.8) is 0 Å². The van der Waals surface area contributed by atoms with Crippen molar-refractivity contribution < 1.29 is 9.23 Å². The van der Waals surface area contributed by atoms with Crippen molar-refractivity contribution in [1.29, 1.82) is 0 Å². The summed E-state index contributed by atoms with van der Waals surface area (Å²) in [6.07, 6.45) is -0.693. The molecule has 0 aliphatic carbocycles. The van der Waals surface area contributed by atoms with Gasteiger partial charge in [-0.2, -0.15) is 0 Å². The van der Waals surface area contributed by atoms with Crippen LogP contribution in [0.15, 0.2) is 0 Å². The van der Waals surface area contributed by atoms with Crippen LogP contribution in [0.1, 0.15) is 6.42 Å². The Balaban J connectivity index is 2.92. The van der Waals surface area contributed by atoms with Crippen molar-refractivity contribution in [3.8, 4) is 0 Å². The molecule has 0 saturated heterocycles. The van der Waals surface area contributed by atoms with Crippen LogP contribution in [0.4, 0.5) is 4.39 Å². The monoisotopic (exact) mass is 122 g/mol. The van der Waals surface area contributed by atoms with Crippen molar-refractivity contribution in [1.82, 2.24) is 0 Å². The highest BCUT2D eigenvalue weighted by molar-refractivity contribution is 4.52. The summed E-state index contributed by atoms with van der Waals surface area (Å²) in [6.45, 7) is 0.279. The van der Waals surface area contributed by atoms with E-state index in [1.807, 2.05) is 0 Å². The summed E-state index contributed by atoms with van der Waals surface area (Å²) in [6, 6.07) is 0. The topological polar surface area (TPSA) is 61.3 Å². The van der Waals surface area contributed by atoms with E-state index in [-0.39, 0.29) is 6.61 Å². The first-order chi connectivity index (χ1) is 3.81. The molecule has 0 heterocycles. The lowest BCUT2D eigenvalue weighted by Crippen LogP contribution is -2.17. The summed E-state index contributed by atoms with van der Waals surface area (Å²) < 4.78 is 12.1. The molecule has 4 heteroatoms. The molecule has 0 rings (SSSR count). The van der Waals surface area contributed by atoms with E-state index in [1.54, 1.807) is 0 Å². The molecule has 0 aliphatic rings. The second kappa shape index (κ2) is 4.96. The minimum Gasteiger partial charge on any atom is -0.330 e. The molecular weight excluding hydrogens is 111 g/mol. The van der Waals surface area contributed by atoms with Gasteiger partial charge in [-0.1, -0.05) is 0 Å². The van der Waals surface area contributed by atoms with Crippen LogP contribution in [0.5, 0.6) is 0 Å². The molecule has 0 aliphatic heterocycles. The highest BCUT2D eigenvalue weighted by atomic mass is 19.1. The third kappa shape index (κ3) is 3.98. The third-order valence-electron chi connectivity index (χ3n) is 0.757. The zero-order chi connectivity index (χ0) is 6.41. The zero-order valence-electron chi connectivity index (χ0n) is 4.64. The van der Waals surface area contributed by atoms with E-state index in [0.717, 1.165) is 0 Å². The fourth-order valence-electron chi connectivity index (χ4n) is 0.369. The van der Waals surface area contributed by atoms with Crippen molar-refractivity contribution in [2.75, 3.05) is 13.2 Å². The van der Waals surface area contributed by atoms with E-state index in [0.29, 0.717) is 13.0 Å². The number of nitrogens with two attached hydrogens (primary N) is 2. The van der Waals surface area contributed by atoms with Gasteiger partial charge in [0.2, 0.25) is 0 Å². The van der Waals surface area contributed by atoms with Gasteiger partial charge in [-0.3, -0.25) is 0 Å². The largest absolute Gasteiger partial charge is 0.330 e. The first-order valence-electron chi connectivity index (χ1n) is 2.47. The van der Waals surface area contributed by atoms with Crippen LogP contribution in [0.2, 0.25) is 0 Å². The standard InChI is InChI=1S/C4H11FN2O/c5-4(1-2-6)3-8-7/h4H,1-3,6-7H2. The molecule has 0 amide bonds. The fourth-order valence-corrected chi connectivity index (χ4v) is 0.369. The molecule has 0 aromatic rings. The van der Waals surface area contributed by atoms with Crippen LogP contribution in [0.25, 0.3) is 0 Å². The predicted octanol–water partition coefficient (Wildman–Crippen LogP) is -0.436. The predicted molar refractivity (Wildman–Crippen MR) is 28.7 cm³/mol. The van der Waals surface area contributed by atoms with Gasteiger partial charge in [-0.05, 0) is 13.0 Å². The Bertz CT molecular complexity index is 47.3. The quantitative estimate of drug-likeness (QED) is 0.497. The summed E-state index contributed by atoms with van der Waals surface area (Å²) in [4.78, 5) is 4.03. The minimum absolute atomic E-state index is 0.0583. The normalized spacial score (nSPS) is 13.9. The highest BCUT2D eigenvalue weighted by Crippen LogP contribution is 1.93. The highest BCUT2D eigenvalue weighted by Gasteiger charge is 2.02.